The van der Waals surface area contributed by atoms with E-state index in [0.29, 0.717) is 24.8 Å². The number of anilines is 1. The van der Waals surface area contributed by atoms with E-state index >= 15 is 0 Å². The molecule has 0 amide bonds. The zero-order valence-corrected chi connectivity index (χ0v) is 14.2. The normalized spacial score (nSPS) is 23.4. The number of piperidine rings is 1. The van der Waals surface area contributed by atoms with Crippen molar-refractivity contribution in [2.45, 2.75) is 25.3 Å². The first-order chi connectivity index (χ1) is 11.6. The molecule has 3 rings (SSSR count). The zero-order valence-electron chi connectivity index (χ0n) is 14.2. The standard InChI is InChI=1S/C17H25FN4O2/c1-19-8-3-2-5-14(19)13-20-9-11-21(12-10-20)16-7-4-6-15(18)17(16)22(23)24/h4,6-7,14H,2-3,5,8-13H2,1H3/t14-/m0/s1. The van der Waals surface area contributed by atoms with Crippen molar-refractivity contribution in [3.8, 4) is 0 Å². The van der Waals surface area contributed by atoms with Crippen molar-refractivity contribution < 1.29 is 9.31 Å². The maximum Gasteiger partial charge on any atom is 0.327 e. The van der Waals surface area contributed by atoms with Crippen molar-refractivity contribution in [2.24, 2.45) is 0 Å². The lowest BCUT2D eigenvalue weighted by Crippen LogP contribution is -2.52. The molecule has 0 aromatic heterocycles. The van der Waals surface area contributed by atoms with E-state index < -0.39 is 16.4 Å². The van der Waals surface area contributed by atoms with E-state index in [-0.39, 0.29) is 0 Å². The van der Waals surface area contributed by atoms with Gasteiger partial charge in [-0.3, -0.25) is 15.0 Å². The van der Waals surface area contributed by atoms with Crippen molar-refractivity contribution in [1.29, 1.82) is 0 Å². The highest BCUT2D eigenvalue weighted by molar-refractivity contribution is 5.64. The van der Waals surface area contributed by atoms with Crippen LogP contribution in [0.2, 0.25) is 0 Å². The number of nitrogens with zero attached hydrogens (tertiary/aromatic N) is 4. The number of rotatable bonds is 4. The van der Waals surface area contributed by atoms with Gasteiger partial charge in [-0.15, -0.1) is 0 Å². The number of nitro groups is 1. The molecule has 0 bridgehead atoms. The summed E-state index contributed by atoms with van der Waals surface area (Å²) in [4.78, 5) is 17.3. The molecule has 2 fully saturated rings. The Bertz CT molecular complexity index is 590. The largest absolute Gasteiger partial charge is 0.363 e. The van der Waals surface area contributed by atoms with E-state index in [4.69, 9.17) is 0 Å². The lowest BCUT2D eigenvalue weighted by Gasteiger charge is -2.40. The Morgan fingerprint density at radius 1 is 1.21 bits per heavy atom. The van der Waals surface area contributed by atoms with E-state index in [1.165, 1.54) is 25.8 Å². The Morgan fingerprint density at radius 2 is 1.96 bits per heavy atom. The summed E-state index contributed by atoms with van der Waals surface area (Å²) in [7, 11) is 2.19. The van der Waals surface area contributed by atoms with Crippen LogP contribution in [0.1, 0.15) is 19.3 Å². The summed E-state index contributed by atoms with van der Waals surface area (Å²) in [6.45, 7) is 5.33. The fourth-order valence-electron chi connectivity index (χ4n) is 3.78. The number of hydrogen-bond donors (Lipinski definition) is 0. The monoisotopic (exact) mass is 336 g/mol. The molecule has 6 nitrogen and oxygen atoms in total. The lowest BCUT2D eigenvalue weighted by molar-refractivity contribution is -0.386. The maximum atomic E-state index is 13.8. The molecule has 0 radical (unpaired) electrons. The van der Waals surface area contributed by atoms with Crippen LogP contribution in [0, 0.1) is 15.9 Å². The zero-order chi connectivity index (χ0) is 17.1. The molecule has 0 aliphatic carbocycles. The van der Waals surface area contributed by atoms with Crippen molar-refractivity contribution in [3.05, 3.63) is 34.1 Å². The molecular weight excluding hydrogens is 311 g/mol. The van der Waals surface area contributed by atoms with Crippen LogP contribution in [0.5, 0.6) is 0 Å². The van der Waals surface area contributed by atoms with E-state index in [0.717, 1.165) is 25.7 Å². The van der Waals surface area contributed by atoms with E-state index in [1.54, 1.807) is 12.1 Å². The fraction of sp³-hybridized carbons (Fsp3) is 0.647. The van der Waals surface area contributed by atoms with Gasteiger partial charge in [0.25, 0.3) is 0 Å². The minimum Gasteiger partial charge on any atom is -0.363 e. The van der Waals surface area contributed by atoms with Gasteiger partial charge in [-0.25, -0.2) is 0 Å². The summed E-state index contributed by atoms with van der Waals surface area (Å²) in [5.74, 6) is -0.760. The number of likely N-dealkylation sites (N-methyl/N-ethyl adjacent to an activating group) is 1. The minimum atomic E-state index is -0.760. The van der Waals surface area contributed by atoms with Gasteiger partial charge in [0.05, 0.1) is 4.92 Å². The maximum absolute atomic E-state index is 13.8. The quantitative estimate of drug-likeness (QED) is 0.624. The van der Waals surface area contributed by atoms with Crippen LogP contribution in [0.15, 0.2) is 18.2 Å². The second-order valence-corrected chi connectivity index (χ2v) is 6.78. The molecule has 24 heavy (non-hydrogen) atoms. The van der Waals surface area contributed by atoms with Crippen molar-refractivity contribution in [1.82, 2.24) is 9.80 Å². The van der Waals surface area contributed by atoms with Crippen LogP contribution in [-0.2, 0) is 0 Å². The Hall–Kier alpha value is -1.73. The molecular formula is C17H25FN4O2. The number of para-hydroxylation sites is 1. The first kappa shape index (κ1) is 17.1. The summed E-state index contributed by atoms with van der Waals surface area (Å²) in [6.07, 6.45) is 3.82. The Balaban J connectivity index is 1.61. The molecule has 0 N–H and O–H groups in total. The molecule has 132 valence electrons. The lowest BCUT2D eigenvalue weighted by atomic mass is 10.0. The van der Waals surface area contributed by atoms with Gasteiger partial charge in [-0.05, 0) is 38.6 Å². The van der Waals surface area contributed by atoms with Crippen molar-refractivity contribution in [2.75, 3.05) is 51.2 Å². The Kier molecular flexibility index (Phi) is 5.30. The van der Waals surface area contributed by atoms with E-state index in [2.05, 4.69) is 16.8 Å². The summed E-state index contributed by atoms with van der Waals surface area (Å²) in [5, 5.41) is 11.2. The summed E-state index contributed by atoms with van der Waals surface area (Å²) >= 11 is 0. The van der Waals surface area contributed by atoms with Gasteiger partial charge in [0, 0.05) is 38.8 Å². The third kappa shape index (κ3) is 3.67. The summed E-state index contributed by atoms with van der Waals surface area (Å²) in [6, 6.07) is 4.94. The van der Waals surface area contributed by atoms with Gasteiger partial charge < -0.3 is 9.80 Å². The smallest absolute Gasteiger partial charge is 0.327 e. The number of likely N-dealkylation sites (tertiary alicyclic amines) is 1. The molecule has 2 aliphatic rings. The van der Waals surface area contributed by atoms with Crippen LogP contribution < -0.4 is 4.90 Å². The SMILES string of the molecule is CN1CCCC[C@H]1CN1CCN(c2cccc(F)c2[N+](=O)[O-])CC1. The van der Waals surface area contributed by atoms with Gasteiger partial charge in [0.15, 0.2) is 0 Å². The molecule has 2 aliphatic heterocycles. The average molecular weight is 336 g/mol. The third-order valence-corrected chi connectivity index (χ3v) is 5.25. The van der Waals surface area contributed by atoms with Crippen molar-refractivity contribution in [3.63, 3.8) is 0 Å². The van der Waals surface area contributed by atoms with Crippen LogP contribution in [0.3, 0.4) is 0 Å². The van der Waals surface area contributed by atoms with E-state index in [9.17, 15) is 14.5 Å². The fourth-order valence-corrected chi connectivity index (χ4v) is 3.78. The van der Waals surface area contributed by atoms with Gasteiger partial charge in [-0.2, -0.15) is 4.39 Å². The highest BCUT2D eigenvalue weighted by Gasteiger charge is 2.28. The molecule has 0 unspecified atom stereocenters. The van der Waals surface area contributed by atoms with Crippen LogP contribution in [0.4, 0.5) is 15.8 Å². The van der Waals surface area contributed by atoms with Gasteiger partial charge >= 0.3 is 5.69 Å². The number of halogens is 1. The predicted octanol–water partition coefficient (Wildman–Crippen LogP) is 2.34. The number of benzene rings is 1. The first-order valence-electron chi connectivity index (χ1n) is 8.66. The minimum absolute atomic E-state index is 0.398. The number of nitro benzene ring substituents is 1. The highest BCUT2D eigenvalue weighted by Crippen LogP contribution is 2.31. The molecule has 1 atom stereocenters. The molecule has 2 saturated heterocycles. The molecule has 1 aromatic rings. The molecule has 7 heteroatoms. The number of hydrogen-bond acceptors (Lipinski definition) is 5. The van der Waals surface area contributed by atoms with Gasteiger partial charge in [0.2, 0.25) is 5.82 Å². The molecule has 2 heterocycles. The average Bonchev–Trinajstić information content (AvgIpc) is 2.57. The summed E-state index contributed by atoms with van der Waals surface area (Å²) < 4.78 is 13.8. The highest BCUT2D eigenvalue weighted by atomic mass is 19.1. The second kappa shape index (κ2) is 7.44. The van der Waals surface area contributed by atoms with Gasteiger partial charge in [0.1, 0.15) is 5.69 Å². The first-order valence-corrected chi connectivity index (χ1v) is 8.66. The molecule has 1 aromatic carbocycles. The predicted molar refractivity (Wildman–Crippen MR) is 92.0 cm³/mol. The van der Waals surface area contributed by atoms with Crippen LogP contribution in [-0.4, -0.2) is 67.1 Å². The van der Waals surface area contributed by atoms with Gasteiger partial charge in [-0.1, -0.05) is 12.5 Å². The van der Waals surface area contributed by atoms with Crippen LogP contribution >= 0.6 is 0 Å². The Labute approximate surface area is 142 Å². The number of piperazine rings is 1. The Morgan fingerprint density at radius 3 is 2.62 bits per heavy atom. The molecule has 0 saturated carbocycles. The van der Waals surface area contributed by atoms with E-state index in [1.807, 2.05) is 4.90 Å². The summed E-state index contributed by atoms with van der Waals surface area (Å²) in [5.41, 5.74) is -0.00704. The molecule has 0 spiro atoms. The topological polar surface area (TPSA) is 52.9 Å². The second-order valence-electron chi connectivity index (χ2n) is 6.78. The van der Waals surface area contributed by atoms with Crippen LogP contribution in [0.25, 0.3) is 0 Å². The third-order valence-electron chi connectivity index (χ3n) is 5.25. The van der Waals surface area contributed by atoms with Crippen molar-refractivity contribution >= 4 is 11.4 Å².